The smallest absolute Gasteiger partial charge is 0.115 e. The fraction of sp³-hybridized carbons (Fsp3) is 0.500. The molecule has 3 N–H and O–H groups in total. The number of nitrogens with two attached hydrogens (primary N) is 1. The van der Waals surface area contributed by atoms with Gasteiger partial charge in [-0.3, -0.25) is 0 Å². The van der Waals surface area contributed by atoms with Gasteiger partial charge in [-0.15, -0.1) is 0 Å². The van der Waals surface area contributed by atoms with Crippen molar-refractivity contribution >= 4 is 0 Å². The SMILES string of the molecule is CC(CN)(c1ccc(O)cc1)C1CC1. The van der Waals surface area contributed by atoms with Crippen molar-refractivity contribution in [3.63, 3.8) is 0 Å². The third kappa shape index (κ3) is 1.50. The fourth-order valence-corrected chi connectivity index (χ4v) is 2.08. The third-order valence-electron chi connectivity index (χ3n) is 3.43. The summed E-state index contributed by atoms with van der Waals surface area (Å²) in [6, 6.07) is 7.46. The van der Waals surface area contributed by atoms with Crippen LogP contribution in [0.3, 0.4) is 0 Å². The quantitative estimate of drug-likeness (QED) is 0.767. The van der Waals surface area contributed by atoms with Gasteiger partial charge in [-0.1, -0.05) is 19.1 Å². The number of aromatic hydroxyl groups is 1. The largest absolute Gasteiger partial charge is 0.508 e. The van der Waals surface area contributed by atoms with Crippen molar-refractivity contribution in [3.8, 4) is 5.75 Å². The number of phenolic OH excluding ortho intramolecular Hbond substituents is 1. The van der Waals surface area contributed by atoms with E-state index in [-0.39, 0.29) is 5.41 Å². The van der Waals surface area contributed by atoms with Gasteiger partial charge in [0.2, 0.25) is 0 Å². The van der Waals surface area contributed by atoms with E-state index in [0.29, 0.717) is 12.3 Å². The van der Waals surface area contributed by atoms with Gasteiger partial charge < -0.3 is 10.8 Å². The van der Waals surface area contributed by atoms with Crippen molar-refractivity contribution in [1.82, 2.24) is 0 Å². The topological polar surface area (TPSA) is 46.2 Å². The molecule has 1 aromatic rings. The van der Waals surface area contributed by atoms with Gasteiger partial charge in [0.1, 0.15) is 5.75 Å². The van der Waals surface area contributed by atoms with E-state index >= 15 is 0 Å². The van der Waals surface area contributed by atoms with Crippen LogP contribution in [0.1, 0.15) is 25.3 Å². The molecule has 1 saturated carbocycles. The summed E-state index contributed by atoms with van der Waals surface area (Å²) in [5, 5.41) is 9.22. The van der Waals surface area contributed by atoms with E-state index in [0.717, 1.165) is 5.92 Å². The second-order valence-electron chi connectivity index (χ2n) is 4.44. The first-order valence-corrected chi connectivity index (χ1v) is 5.16. The molecule has 2 heteroatoms. The molecule has 1 aliphatic carbocycles. The maximum atomic E-state index is 9.22. The van der Waals surface area contributed by atoms with E-state index in [4.69, 9.17) is 5.73 Å². The predicted molar refractivity (Wildman–Crippen MR) is 57.2 cm³/mol. The van der Waals surface area contributed by atoms with Crippen LogP contribution in [0.5, 0.6) is 5.75 Å². The molecule has 76 valence electrons. The summed E-state index contributed by atoms with van der Waals surface area (Å²) in [5.41, 5.74) is 7.21. The summed E-state index contributed by atoms with van der Waals surface area (Å²) in [4.78, 5) is 0. The molecule has 1 atom stereocenters. The van der Waals surface area contributed by atoms with Crippen molar-refractivity contribution in [2.45, 2.75) is 25.2 Å². The van der Waals surface area contributed by atoms with Crippen LogP contribution < -0.4 is 5.73 Å². The molecule has 14 heavy (non-hydrogen) atoms. The van der Waals surface area contributed by atoms with Gasteiger partial charge >= 0.3 is 0 Å². The van der Waals surface area contributed by atoms with Crippen molar-refractivity contribution in [1.29, 1.82) is 0 Å². The van der Waals surface area contributed by atoms with Crippen LogP contribution in [0.4, 0.5) is 0 Å². The Hall–Kier alpha value is -1.02. The Morgan fingerprint density at radius 3 is 2.36 bits per heavy atom. The van der Waals surface area contributed by atoms with Crippen LogP contribution in [0.2, 0.25) is 0 Å². The first kappa shape index (κ1) is 9.53. The highest BCUT2D eigenvalue weighted by atomic mass is 16.3. The molecule has 2 rings (SSSR count). The first-order valence-electron chi connectivity index (χ1n) is 5.16. The van der Waals surface area contributed by atoms with Gasteiger partial charge in [0.15, 0.2) is 0 Å². The van der Waals surface area contributed by atoms with Gasteiger partial charge in [-0.05, 0) is 36.5 Å². The average Bonchev–Trinajstić information content (AvgIpc) is 3.01. The Morgan fingerprint density at radius 1 is 1.36 bits per heavy atom. The highest BCUT2D eigenvalue weighted by Crippen LogP contribution is 2.46. The number of rotatable bonds is 3. The molecule has 0 spiro atoms. The lowest BCUT2D eigenvalue weighted by Gasteiger charge is -2.28. The van der Waals surface area contributed by atoms with Crippen molar-refractivity contribution in [3.05, 3.63) is 29.8 Å². The number of phenols is 1. The highest BCUT2D eigenvalue weighted by molar-refractivity contribution is 5.33. The minimum atomic E-state index is 0.105. The zero-order chi connectivity index (χ0) is 10.2. The Bertz CT molecular complexity index is 316. The molecule has 0 heterocycles. The zero-order valence-electron chi connectivity index (χ0n) is 8.53. The van der Waals surface area contributed by atoms with Crippen LogP contribution in [0.25, 0.3) is 0 Å². The Balaban J connectivity index is 2.31. The number of hydrogen-bond donors (Lipinski definition) is 2. The van der Waals surface area contributed by atoms with E-state index in [9.17, 15) is 5.11 Å². The van der Waals surface area contributed by atoms with Crippen LogP contribution in [-0.2, 0) is 5.41 Å². The molecular weight excluding hydrogens is 174 g/mol. The highest BCUT2D eigenvalue weighted by Gasteiger charge is 2.41. The molecule has 0 saturated heterocycles. The minimum absolute atomic E-state index is 0.105. The summed E-state index contributed by atoms with van der Waals surface area (Å²) in [7, 11) is 0. The van der Waals surface area contributed by atoms with E-state index in [1.165, 1.54) is 18.4 Å². The third-order valence-corrected chi connectivity index (χ3v) is 3.43. The molecule has 0 aliphatic heterocycles. The minimum Gasteiger partial charge on any atom is -0.508 e. The van der Waals surface area contributed by atoms with Crippen LogP contribution in [0.15, 0.2) is 24.3 Å². The zero-order valence-corrected chi connectivity index (χ0v) is 8.53. The molecule has 1 fully saturated rings. The Morgan fingerprint density at radius 2 is 1.93 bits per heavy atom. The van der Waals surface area contributed by atoms with Crippen molar-refractivity contribution in [2.24, 2.45) is 11.7 Å². The first-order chi connectivity index (χ1) is 6.66. The standard InChI is InChI=1S/C12H17NO/c1-12(8-13,9-2-3-9)10-4-6-11(14)7-5-10/h4-7,9,14H,2-3,8,13H2,1H3. The van der Waals surface area contributed by atoms with Crippen LogP contribution >= 0.6 is 0 Å². The lowest BCUT2D eigenvalue weighted by atomic mass is 9.78. The average molecular weight is 191 g/mol. The van der Waals surface area contributed by atoms with Crippen LogP contribution in [0, 0.1) is 5.92 Å². The molecular formula is C12H17NO. The maximum absolute atomic E-state index is 9.22. The molecule has 0 aromatic heterocycles. The molecule has 1 aliphatic rings. The normalized spacial score (nSPS) is 20.4. The lowest BCUT2D eigenvalue weighted by molar-refractivity contribution is 0.418. The second kappa shape index (κ2) is 3.28. The fourth-order valence-electron chi connectivity index (χ4n) is 2.08. The van der Waals surface area contributed by atoms with Gasteiger partial charge in [-0.2, -0.15) is 0 Å². The van der Waals surface area contributed by atoms with E-state index in [1.54, 1.807) is 12.1 Å². The number of benzene rings is 1. The molecule has 0 radical (unpaired) electrons. The van der Waals surface area contributed by atoms with Gasteiger partial charge in [0, 0.05) is 12.0 Å². The summed E-state index contributed by atoms with van der Waals surface area (Å²) in [6.07, 6.45) is 2.57. The summed E-state index contributed by atoms with van der Waals surface area (Å²) >= 11 is 0. The van der Waals surface area contributed by atoms with Crippen molar-refractivity contribution < 1.29 is 5.11 Å². The van der Waals surface area contributed by atoms with Gasteiger partial charge in [0.25, 0.3) is 0 Å². The summed E-state index contributed by atoms with van der Waals surface area (Å²) in [6.45, 7) is 2.90. The number of hydrogen-bond acceptors (Lipinski definition) is 2. The van der Waals surface area contributed by atoms with Crippen LogP contribution in [-0.4, -0.2) is 11.7 Å². The predicted octanol–water partition coefficient (Wildman–Crippen LogP) is 2.02. The van der Waals surface area contributed by atoms with Crippen molar-refractivity contribution in [2.75, 3.05) is 6.54 Å². The van der Waals surface area contributed by atoms with E-state index < -0.39 is 0 Å². The Labute approximate surface area is 84.7 Å². The maximum Gasteiger partial charge on any atom is 0.115 e. The van der Waals surface area contributed by atoms with E-state index in [2.05, 4.69) is 6.92 Å². The summed E-state index contributed by atoms with van der Waals surface area (Å²) in [5.74, 6) is 1.06. The lowest BCUT2D eigenvalue weighted by Crippen LogP contribution is -2.33. The van der Waals surface area contributed by atoms with Gasteiger partial charge in [-0.25, -0.2) is 0 Å². The second-order valence-corrected chi connectivity index (χ2v) is 4.44. The van der Waals surface area contributed by atoms with Gasteiger partial charge in [0.05, 0.1) is 0 Å². The molecule has 0 amide bonds. The summed E-state index contributed by atoms with van der Waals surface area (Å²) < 4.78 is 0. The van der Waals surface area contributed by atoms with E-state index in [1.807, 2.05) is 12.1 Å². The molecule has 0 bridgehead atoms. The Kier molecular flexibility index (Phi) is 2.23. The molecule has 1 aromatic carbocycles. The molecule has 2 nitrogen and oxygen atoms in total. The molecule has 1 unspecified atom stereocenters. The monoisotopic (exact) mass is 191 g/mol.